The van der Waals surface area contributed by atoms with E-state index < -0.39 is 0 Å². The fourth-order valence-corrected chi connectivity index (χ4v) is 3.76. The summed E-state index contributed by atoms with van der Waals surface area (Å²) in [4.78, 5) is 8.75. The van der Waals surface area contributed by atoms with Gasteiger partial charge in [0.05, 0.1) is 27.5 Å². The normalized spacial score (nSPS) is 10.8. The molecule has 0 aliphatic rings. The fraction of sp³-hybridized carbons (Fsp3) is 0.250. The standard InChI is InChI=1S/C12H13N5S3/c1-7-16-9(5-19-7)10-11(13)17-20-12(10)14-3-2-8-4-18-6-15-8/h4-6,14H,2-3H2,1H3,(H2,13,17). The maximum atomic E-state index is 5.96. The molecule has 0 fully saturated rings. The lowest BCUT2D eigenvalue weighted by Crippen LogP contribution is -2.04. The van der Waals surface area contributed by atoms with Crippen LogP contribution in [-0.4, -0.2) is 20.9 Å². The number of nitrogens with zero attached hydrogens (tertiary/aromatic N) is 3. The second-order valence-electron chi connectivity index (χ2n) is 4.18. The Balaban J connectivity index is 1.74. The molecule has 3 heterocycles. The zero-order valence-corrected chi connectivity index (χ0v) is 13.2. The van der Waals surface area contributed by atoms with Crippen LogP contribution in [0.4, 0.5) is 10.8 Å². The van der Waals surface area contributed by atoms with E-state index in [0.29, 0.717) is 5.82 Å². The summed E-state index contributed by atoms with van der Waals surface area (Å²) in [6.07, 6.45) is 0.886. The summed E-state index contributed by atoms with van der Waals surface area (Å²) in [7, 11) is 0. The second kappa shape index (κ2) is 5.86. The van der Waals surface area contributed by atoms with Crippen molar-refractivity contribution >= 4 is 45.0 Å². The zero-order chi connectivity index (χ0) is 13.9. The molecule has 0 amide bonds. The van der Waals surface area contributed by atoms with Gasteiger partial charge in [0.1, 0.15) is 10.8 Å². The molecule has 3 aromatic heterocycles. The molecule has 0 aliphatic heterocycles. The van der Waals surface area contributed by atoms with E-state index in [1.807, 2.05) is 17.8 Å². The lowest BCUT2D eigenvalue weighted by atomic mass is 10.2. The van der Waals surface area contributed by atoms with Crippen molar-refractivity contribution in [2.75, 3.05) is 17.6 Å². The van der Waals surface area contributed by atoms with Crippen LogP contribution in [0.15, 0.2) is 16.3 Å². The fourth-order valence-electron chi connectivity index (χ4n) is 1.81. The highest BCUT2D eigenvalue weighted by Crippen LogP contribution is 2.36. The monoisotopic (exact) mass is 323 g/mol. The first-order valence-corrected chi connectivity index (χ1v) is 8.62. The molecule has 3 aromatic rings. The molecule has 0 aromatic carbocycles. The highest BCUT2D eigenvalue weighted by atomic mass is 32.1. The molecule has 3 N–H and O–H groups in total. The Morgan fingerprint density at radius 1 is 1.35 bits per heavy atom. The summed E-state index contributed by atoms with van der Waals surface area (Å²) in [5, 5.41) is 9.47. The van der Waals surface area contributed by atoms with Gasteiger partial charge in [-0.1, -0.05) is 0 Å². The first kappa shape index (κ1) is 13.5. The SMILES string of the molecule is Cc1nc(-c2c(N)nsc2NCCc2cscn2)cs1. The van der Waals surface area contributed by atoms with Crippen LogP contribution in [0.3, 0.4) is 0 Å². The van der Waals surface area contributed by atoms with Gasteiger partial charge in [-0.05, 0) is 18.5 Å². The summed E-state index contributed by atoms with van der Waals surface area (Å²) in [5.41, 5.74) is 10.7. The minimum Gasteiger partial charge on any atom is -0.382 e. The average Bonchev–Trinajstić information content (AvgIpc) is 3.12. The van der Waals surface area contributed by atoms with Gasteiger partial charge in [-0.3, -0.25) is 0 Å². The van der Waals surface area contributed by atoms with Gasteiger partial charge in [-0.15, -0.1) is 22.7 Å². The van der Waals surface area contributed by atoms with E-state index in [1.54, 1.807) is 22.7 Å². The molecule has 0 saturated heterocycles. The molecule has 3 rings (SSSR count). The van der Waals surface area contributed by atoms with E-state index in [2.05, 4.69) is 25.0 Å². The number of aromatic nitrogens is 3. The van der Waals surface area contributed by atoms with Crippen LogP contribution in [0, 0.1) is 6.92 Å². The Kier molecular flexibility index (Phi) is 3.95. The lowest BCUT2D eigenvalue weighted by molar-refractivity contribution is 0.981. The van der Waals surface area contributed by atoms with Crippen molar-refractivity contribution in [2.24, 2.45) is 0 Å². The maximum Gasteiger partial charge on any atom is 0.148 e. The van der Waals surface area contributed by atoms with Gasteiger partial charge in [0.25, 0.3) is 0 Å². The predicted molar refractivity (Wildman–Crippen MR) is 86.7 cm³/mol. The molecule has 104 valence electrons. The first-order valence-electron chi connectivity index (χ1n) is 6.02. The molecule has 20 heavy (non-hydrogen) atoms. The molecule has 8 heteroatoms. The van der Waals surface area contributed by atoms with E-state index in [9.17, 15) is 0 Å². The van der Waals surface area contributed by atoms with Gasteiger partial charge >= 0.3 is 0 Å². The summed E-state index contributed by atoms with van der Waals surface area (Å²) in [6.45, 7) is 2.79. The number of nitrogens with two attached hydrogens (primary N) is 1. The van der Waals surface area contributed by atoms with Crippen LogP contribution >= 0.6 is 34.2 Å². The van der Waals surface area contributed by atoms with Gasteiger partial charge in [0.2, 0.25) is 0 Å². The molecule has 0 atom stereocenters. The Hall–Kier alpha value is -1.51. The largest absolute Gasteiger partial charge is 0.382 e. The topological polar surface area (TPSA) is 76.7 Å². The van der Waals surface area contributed by atoms with Crippen molar-refractivity contribution in [3.05, 3.63) is 27.0 Å². The molecule has 5 nitrogen and oxygen atoms in total. The van der Waals surface area contributed by atoms with Gasteiger partial charge < -0.3 is 11.1 Å². The van der Waals surface area contributed by atoms with E-state index >= 15 is 0 Å². The van der Waals surface area contributed by atoms with Crippen LogP contribution in [0.5, 0.6) is 0 Å². The summed E-state index contributed by atoms with van der Waals surface area (Å²) >= 11 is 4.61. The predicted octanol–water partition coefficient (Wildman–Crippen LogP) is 3.27. The quantitative estimate of drug-likeness (QED) is 0.753. The molecule has 0 unspecified atom stereocenters. The number of anilines is 2. The van der Waals surface area contributed by atoms with E-state index in [-0.39, 0.29) is 0 Å². The number of nitrogen functional groups attached to an aromatic ring is 1. The van der Waals surface area contributed by atoms with Gasteiger partial charge in [0, 0.05) is 23.7 Å². The van der Waals surface area contributed by atoms with E-state index in [1.165, 1.54) is 11.5 Å². The smallest absolute Gasteiger partial charge is 0.148 e. The van der Waals surface area contributed by atoms with E-state index in [0.717, 1.165) is 39.9 Å². The van der Waals surface area contributed by atoms with Gasteiger partial charge in [0.15, 0.2) is 0 Å². The van der Waals surface area contributed by atoms with Crippen molar-refractivity contribution < 1.29 is 0 Å². The average molecular weight is 323 g/mol. The number of thiazole rings is 2. The van der Waals surface area contributed by atoms with E-state index in [4.69, 9.17) is 5.73 Å². The number of hydrogen-bond donors (Lipinski definition) is 2. The van der Waals surface area contributed by atoms with Gasteiger partial charge in [-0.25, -0.2) is 9.97 Å². The van der Waals surface area contributed by atoms with Crippen LogP contribution in [0.25, 0.3) is 11.3 Å². The van der Waals surface area contributed by atoms with Crippen molar-refractivity contribution in [3.63, 3.8) is 0 Å². The highest BCUT2D eigenvalue weighted by Gasteiger charge is 2.15. The van der Waals surface area contributed by atoms with Crippen molar-refractivity contribution in [3.8, 4) is 11.3 Å². The lowest BCUT2D eigenvalue weighted by Gasteiger charge is -2.04. The third kappa shape index (κ3) is 2.82. The number of hydrogen-bond acceptors (Lipinski definition) is 8. The summed E-state index contributed by atoms with van der Waals surface area (Å²) in [6, 6.07) is 0. The van der Waals surface area contributed by atoms with Crippen molar-refractivity contribution in [2.45, 2.75) is 13.3 Å². The third-order valence-corrected chi connectivity index (χ3v) is 4.97. The number of nitrogens with one attached hydrogen (secondary N) is 1. The molecule has 0 bridgehead atoms. The molecular formula is C12H13N5S3. The van der Waals surface area contributed by atoms with Crippen molar-refractivity contribution in [1.29, 1.82) is 0 Å². The van der Waals surface area contributed by atoms with Crippen LogP contribution < -0.4 is 11.1 Å². The summed E-state index contributed by atoms with van der Waals surface area (Å²) in [5.74, 6) is 0.538. The van der Waals surface area contributed by atoms with Crippen molar-refractivity contribution in [1.82, 2.24) is 14.3 Å². The minimum atomic E-state index is 0.538. The molecule has 0 radical (unpaired) electrons. The second-order valence-corrected chi connectivity index (χ2v) is 6.73. The molecule has 0 saturated carbocycles. The third-order valence-electron chi connectivity index (χ3n) is 2.74. The first-order chi connectivity index (χ1) is 9.74. The highest BCUT2D eigenvalue weighted by molar-refractivity contribution is 7.11. The van der Waals surface area contributed by atoms with Gasteiger partial charge in [-0.2, -0.15) is 4.37 Å². The Labute approximate surface area is 128 Å². The number of aryl methyl sites for hydroxylation is 1. The number of rotatable bonds is 5. The zero-order valence-electron chi connectivity index (χ0n) is 10.8. The Bertz CT molecular complexity index is 686. The molecular weight excluding hydrogens is 310 g/mol. The van der Waals surface area contributed by atoms with Crippen LogP contribution in [0.1, 0.15) is 10.7 Å². The van der Waals surface area contributed by atoms with Crippen LogP contribution in [-0.2, 0) is 6.42 Å². The van der Waals surface area contributed by atoms with Crippen LogP contribution in [0.2, 0.25) is 0 Å². The Morgan fingerprint density at radius 2 is 2.25 bits per heavy atom. The Morgan fingerprint density at radius 3 is 2.95 bits per heavy atom. The molecule has 0 spiro atoms. The minimum absolute atomic E-state index is 0.538. The molecule has 0 aliphatic carbocycles. The maximum absolute atomic E-state index is 5.96. The summed E-state index contributed by atoms with van der Waals surface area (Å²) < 4.78 is 4.23.